The summed E-state index contributed by atoms with van der Waals surface area (Å²) in [6.07, 6.45) is 5.31. The van der Waals surface area contributed by atoms with Crippen molar-refractivity contribution in [3.8, 4) is 0 Å². The molecule has 1 saturated heterocycles. The molecule has 0 N–H and O–H groups in total. The molecule has 0 radical (unpaired) electrons. The Labute approximate surface area is 208 Å². The van der Waals surface area contributed by atoms with Crippen LogP contribution in [0, 0.1) is 10.8 Å². The van der Waals surface area contributed by atoms with Crippen molar-refractivity contribution in [2.45, 2.75) is 38.8 Å². The minimum Gasteiger partial charge on any atom is -0.469 e. The van der Waals surface area contributed by atoms with Crippen LogP contribution in [0.25, 0.3) is 6.08 Å². The van der Waals surface area contributed by atoms with E-state index in [1.54, 1.807) is 42.5 Å². The lowest BCUT2D eigenvalue weighted by atomic mass is 9.65. The Bertz CT molecular complexity index is 1390. The number of furan rings is 1. The molecule has 2 aliphatic heterocycles. The van der Waals surface area contributed by atoms with Crippen LogP contribution in [0.1, 0.15) is 58.7 Å². The summed E-state index contributed by atoms with van der Waals surface area (Å²) in [5.41, 5.74) is 0.152. The van der Waals surface area contributed by atoms with Crippen LogP contribution >= 0.6 is 11.6 Å². The number of hydrogen-bond acceptors (Lipinski definition) is 5. The SMILES string of the molecule is CC(C)(C)C(=O)[C@H]1[C@H](c2ccco2)C2(C(=O)c3ccccc3C2=O)C2C=Cc3cc(Cl)ccc3N21. The third kappa shape index (κ3) is 2.79. The monoisotopic (exact) mass is 485 g/mol. The Morgan fingerprint density at radius 2 is 1.69 bits per heavy atom. The predicted octanol–water partition coefficient (Wildman–Crippen LogP) is 5.98. The normalized spacial score (nSPS) is 24.0. The summed E-state index contributed by atoms with van der Waals surface area (Å²) in [6.45, 7) is 5.60. The number of ketones is 3. The Morgan fingerprint density at radius 3 is 2.29 bits per heavy atom. The zero-order valence-corrected chi connectivity index (χ0v) is 20.4. The highest BCUT2D eigenvalue weighted by molar-refractivity contribution is 6.32. The van der Waals surface area contributed by atoms with Gasteiger partial charge < -0.3 is 9.32 Å². The van der Waals surface area contributed by atoms with E-state index in [-0.39, 0.29) is 17.3 Å². The fourth-order valence-electron chi connectivity index (χ4n) is 6.17. The summed E-state index contributed by atoms with van der Waals surface area (Å²) in [5.74, 6) is -0.927. The second-order valence-corrected chi connectivity index (χ2v) is 11.0. The van der Waals surface area contributed by atoms with E-state index in [0.29, 0.717) is 21.9 Å². The van der Waals surface area contributed by atoms with Gasteiger partial charge in [0.05, 0.1) is 18.2 Å². The van der Waals surface area contributed by atoms with Gasteiger partial charge in [-0.05, 0) is 35.9 Å². The molecule has 176 valence electrons. The number of carbonyl (C=O) groups excluding carboxylic acids is 3. The molecule has 3 heterocycles. The molecule has 3 aromatic rings. The summed E-state index contributed by atoms with van der Waals surface area (Å²) >= 11 is 6.29. The third-order valence-corrected chi connectivity index (χ3v) is 7.86. The Morgan fingerprint density at radius 1 is 1.00 bits per heavy atom. The topological polar surface area (TPSA) is 67.6 Å². The third-order valence-electron chi connectivity index (χ3n) is 7.62. The van der Waals surface area contributed by atoms with E-state index in [4.69, 9.17) is 16.0 Å². The van der Waals surface area contributed by atoms with Crippen molar-refractivity contribution in [1.82, 2.24) is 0 Å². The minimum absolute atomic E-state index is 0.0615. The first-order chi connectivity index (χ1) is 16.7. The summed E-state index contributed by atoms with van der Waals surface area (Å²) in [4.78, 5) is 44.8. The van der Waals surface area contributed by atoms with Gasteiger partial charge in [-0.3, -0.25) is 14.4 Å². The summed E-state index contributed by atoms with van der Waals surface area (Å²) in [6, 6.07) is 14.5. The fraction of sp³-hybridized carbons (Fsp3) is 0.276. The van der Waals surface area contributed by atoms with Gasteiger partial charge in [0, 0.05) is 27.3 Å². The van der Waals surface area contributed by atoms with Crippen LogP contribution in [0.2, 0.25) is 5.02 Å². The van der Waals surface area contributed by atoms with Gasteiger partial charge in [0.15, 0.2) is 17.3 Å². The predicted molar refractivity (Wildman–Crippen MR) is 134 cm³/mol. The molecule has 0 bridgehead atoms. The maximum absolute atomic E-state index is 14.3. The van der Waals surface area contributed by atoms with Crippen LogP contribution in [-0.2, 0) is 4.79 Å². The van der Waals surface area contributed by atoms with Crippen LogP contribution in [-0.4, -0.2) is 29.4 Å². The lowest BCUT2D eigenvalue weighted by Gasteiger charge is -2.38. The number of rotatable bonds is 2. The van der Waals surface area contributed by atoms with Crippen molar-refractivity contribution in [2.75, 3.05) is 4.90 Å². The van der Waals surface area contributed by atoms with E-state index in [9.17, 15) is 14.4 Å². The first-order valence-electron chi connectivity index (χ1n) is 11.7. The minimum atomic E-state index is -1.53. The molecular formula is C29H24ClNO4. The van der Waals surface area contributed by atoms with Crippen molar-refractivity contribution < 1.29 is 18.8 Å². The smallest absolute Gasteiger partial charge is 0.180 e. The number of fused-ring (bicyclic) bond motifs is 5. The van der Waals surface area contributed by atoms with Crippen LogP contribution in [0.3, 0.4) is 0 Å². The number of anilines is 1. The average Bonchev–Trinajstić information content (AvgIpc) is 3.51. The summed E-state index contributed by atoms with van der Waals surface area (Å²) < 4.78 is 5.88. The highest BCUT2D eigenvalue weighted by Gasteiger charge is 2.72. The molecule has 1 aromatic heterocycles. The van der Waals surface area contributed by atoms with E-state index in [1.165, 1.54) is 6.26 Å². The molecule has 1 aliphatic carbocycles. The molecule has 2 aromatic carbocycles. The van der Waals surface area contributed by atoms with Gasteiger partial charge in [-0.1, -0.05) is 68.8 Å². The number of nitrogens with zero attached hydrogens (tertiary/aromatic N) is 1. The van der Waals surface area contributed by atoms with E-state index < -0.39 is 28.8 Å². The van der Waals surface area contributed by atoms with Gasteiger partial charge in [-0.15, -0.1) is 0 Å². The second-order valence-electron chi connectivity index (χ2n) is 10.5. The van der Waals surface area contributed by atoms with Gasteiger partial charge in [0.25, 0.3) is 0 Å². The Kier molecular flexibility index (Phi) is 4.59. The van der Waals surface area contributed by atoms with E-state index in [0.717, 1.165) is 11.3 Å². The first-order valence-corrected chi connectivity index (χ1v) is 12.1. The molecule has 1 fully saturated rings. The molecule has 1 spiro atoms. The van der Waals surface area contributed by atoms with Crippen molar-refractivity contribution in [3.63, 3.8) is 0 Å². The zero-order valence-electron chi connectivity index (χ0n) is 19.6. The second kappa shape index (κ2) is 7.28. The largest absolute Gasteiger partial charge is 0.469 e. The molecule has 0 saturated carbocycles. The molecule has 1 unspecified atom stereocenters. The highest BCUT2D eigenvalue weighted by Crippen LogP contribution is 2.61. The van der Waals surface area contributed by atoms with Crippen molar-refractivity contribution in [3.05, 3.63) is 94.4 Å². The lowest BCUT2D eigenvalue weighted by Crippen LogP contribution is -2.49. The average molecular weight is 486 g/mol. The van der Waals surface area contributed by atoms with Crippen LogP contribution in [0.15, 0.2) is 71.4 Å². The Balaban J connectivity index is 1.69. The van der Waals surface area contributed by atoms with Crippen LogP contribution in [0.4, 0.5) is 5.69 Å². The zero-order chi connectivity index (χ0) is 24.7. The molecule has 6 rings (SSSR count). The lowest BCUT2D eigenvalue weighted by molar-refractivity contribution is -0.128. The standard InChI is InChI=1S/C29H24ClNO4/c1-28(2,3)27(34)24-23(21-9-6-14-35-21)29(25(32)18-7-4-5-8-19(18)26(29)33)22-13-10-16-15-17(30)11-12-20(16)31(22)24/h4-15,22-24H,1-3H3/t22?,23-,24+/m0/s1. The van der Waals surface area contributed by atoms with E-state index >= 15 is 0 Å². The van der Waals surface area contributed by atoms with Crippen molar-refractivity contribution in [2.24, 2.45) is 10.8 Å². The highest BCUT2D eigenvalue weighted by atomic mass is 35.5. The molecule has 6 heteroatoms. The Hall–Kier alpha value is -3.44. The molecule has 3 atom stereocenters. The molecule has 3 aliphatic rings. The van der Waals surface area contributed by atoms with Crippen molar-refractivity contribution in [1.29, 1.82) is 0 Å². The molecule has 35 heavy (non-hydrogen) atoms. The van der Waals surface area contributed by atoms with Gasteiger partial charge in [0.2, 0.25) is 0 Å². The van der Waals surface area contributed by atoms with Crippen LogP contribution in [0.5, 0.6) is 0 Å². The summed E-state index contributed by atoms with van der Waals surface area (Å²) in [7, 11) is 0. The van der Waals surface area contributed by atoms with Gasteiger partial charge in [0.1, 0.15) is 17.2 Å². The number of carbonyl (C=O) groups is 3. The quantitative estimate of drug-likeness (QED) is 0.417. The van der Waals surface area contributed by atoms with Gasteiger partial charge >= 0.3 is 0 Å². The first kappa shape index (κ1) is 22.1. The molecule has 5 nitrogen and oxygen atoms in total. The number of hydrogen-bond donors (Lipinski definition) is 0. The van der Waals surface area contributed by atoms with Gasteiger partial charge in [-0.25, -0.2) is 0 Å². The number of benzene rings is 2. The maximum Gasteiger partial charge on any atom is 0.180 e. The molecule has 0 amide bonds. The fourth-order valence-corrected chi connectivity index (χ4v) is 6.35. The number of Topliss-reactive ketones (excluding diaryl/α,β-unsaturated/α-hetero) is 3. The van der Waals surface area contributed by atoms with Crippen molar-refractivity contribution >= 4 is 40.7 Å². The maximum atomic E-state index is 14.3. The van der Waals surface area contributed by atoms with Gasteiger partial charge in [-0.2, -0.15) is 0 Å². The number of halogens is 1. The molecular weight excluding hydrogens is 462 g/mol. The van der Waals surface area contributed by atoms with E-state index in [1.807, 2.05) is 50.0 Å². The summed E-state index contributed by atoms with van der Waals surface area (Å²) in [5, 5.41) is 0.572. The van der Waals surface area contributed by atoms with E-state index in [2.05, 4.69) is 0 Å². The van der Waals surface area contributed by atoms with Crippen LogP contribution < -0.4 is 4.90 Å².